The van der Waals surface area contributed by atoms with Crippen molar-refractivity contribution in [2.24, 2.45) is 0 Å². The molecule has 3 nitrogen and oxygen atoms in total. The number of hydrogen-bond acceptors (Lipinski definition) is 2. The molecule has 2 aromatic carbocycles. The van der Waals surface area contributed by atoms with Crippen molar-refractivity contribution in [3.8, 4) is 5.75 Å². The summed E-state index contributed by atoms with van der Waals surface area (Å²) in [5, 5.41) is 12.3. The fourth-order valence-corrected chi connectivity index (χ4v) is 1.90. The molecule has 0 spiro atoms. The molecular weight excluding hydrogens is 250 g/mol. The first-order valence-corrected chi connectivity index (χ1v) is 6.58. The molecule has 0 radical (unpaired) electrons. The lowest BCUT2D eigenvalue weighted by Crippen LogP contribution is -2.14. The molecule has 0 aliphatic heterocycles. The number of hydrogen-bond donors (Lipinski definition) is 2. The monoisotopic (exact) mass is 269 g/mol. The Balaban J connectivity index is 2.16. The molecule has 20 heavy (non-hydrogen) atoms. The first kappa shape index (κ1) is 14.1. The molecule has 0 heterocycles. The largest absolute Gasteiger partial charge is 0.506 e. The average molecular weight is 269 g/mol. The van der Waals surface area contributed by atoms with Crippen molar-refractivity contribution >= 4 is 11.6 Å². The van der Waals surface area contributed by atoms with Gasteiger partial charge in [-0.3, -0.25) is 4.79 Å². The number of rotatable bonds is 2. The van der Waals surface area contributed by atoms with E-state index < -0.39 is 0 Å². The predicted octanol–water partition coefficient (Wildman–Crippen LogP) is 3.94. The molecule has 104 valence electrons. The topological polar surface area (TPSA) is 49.3 Å². The van der Waals surface area contributed by atoms with Crippen LogP contribution >= 0.6 is 0 Å². The summed E-state index contributed by atoms with van der Waals surface area (Å²) in [4.78, 5) is 12.1. The Kier molecular flexibility index (Phi) is 3.79. The Hall–Kier alpha value is -2.29. The molecule has 0 bridgehead atoms. The lowest BCUT2D eigenvalue weighted by atomic mass is 9.87. The lowest BCUT2D eigenvalue weighted by Gasteiger charge is -2.19. The fraction of sp³-hybridized carbons (Fsp3) is 0.235. The summed E-state index contributed by atoms with van der Waals surface area (Å²) in [7, 11) is 0. The van der Waals surface area contributed by atoms with Gasteiger partial charge in [0.1, 0.15) is 5.75 Å². The van der Waals surface area contributed by atoms with Crippen LogP contribution < -0.4 is 5.32 Å². The maximum Gasteiger partial charge on any atom is 0.255 e. The molecule has 0 unspecified atom stereocenters. The van der Waals surface area contributed by atoms with E-state index in [-0.39, 0.29) is 17.1 Å². The van der Waals surface area contributed by atoms with Crippen molar-refractivity contribution in [3.05, 3.63) is 59.7 Å². The molecule has 0 atom stereocenters. The Morgan fingerprint density at radius 3 is 2.15 bits per heavy atom. The SMILES string of the molecule is CC(C)(C)c1ccc(C(=O)Nc2ccccc2O)cc1. The Morgan fingerprint density at radius 1 is 1.00 bits per heavy atom. The molecule has 2 aromatic rings. The lowest BCUT2D eigenvalue weighted by molar-refractivity contribution is 0.102. The van der Waals surface area contributed by atoms with Crippen molar-refractivity contribution in [2.75, 3.05) is 5.32 Å². The van der Waals surface area contributed by atoms with Gasteiger partial charge < -0.3 is 10.4 Å². The molecule has 3 heteroatoms. The third kappa shape index (κ3) is 3.18. The van der Waals surface area contributed by atoms with Crippen LogP contribution in [0.4, 0.5) is 5.69 Å². The first-order valence-electron chi connectivity index (χ1n) is 6.58. The van der Waals surface area contributed by atoms with Crippen LogP contribution in [0, 0.1) is 0 Å². The number of nitrogens with one attached hydrogen (secondary N) is 1. The maximum atomic E-state index is 12.1. The van der Waals surface area contributed by atoms with Crippen LogP contribution in [0.5, 0.6) is 5.75 Å². The molecule has 0 saturated heterocycles. The van der Waals surface area contributed by atoms with E-state index in [1.807, 2.05) is 12.1 Å². The molecular formula is C17H19NO2. The number of anilines is 1. The second-order valence-corrected chi connectivity index (χ2v) is 5.80. The van der Waals surface area contributed by atoms with Gasteiger partial charge in [-0.25, -0.2) is 0 Å². The summed E-state index contributed by atoms with van der Waals surface area (Å²) in [6.45, 7) is 6.39. The molecule has 2 rings (SSSR count). The highest BCUT2D eigenvalue weighted by Crippen LogP contribution is 2.24. The number of amides is 1. The van der Waals surface area contributed by atoms with E-state index >= 15 is 0 Å². The van der Waals surface area contributed by atoms with Gasteiger partial charge in [0.05, 0.1) is 5.69 Å². The zero-order valence-corrected chi connectivity index (χ0v) is 12.0. The van der Waals surface area contributed by atoms with Gasteiger partial charge in [-0.2, -0.15) is 0 Å². The van der Waals surface area contributed by atoms with Crippen molar-refractivity contribution in [3.63, 3.8) is 0 Å². The minimum Gasteiger partial charge on any atom is -0.506 e. The summed E-state index contributed by atoms with van der Waals surface area (Å²) < 4.78 is 0. The van der Waals surface area contributed by atoms with Gasteiger partial charge in [-0.15, -0.1) is 0 Å². The van der Waals surface area contributed by atoms with Crippen LogP contribution in [0.3, 0.4) is 0 Å². The summed E-state index contributed by atoms with van der Waals surface area (Å²) >= 11 is 0. The number of aromatic hydroxyl groups is 1. The summed E-state index contributed by atoms with van der Waals surface area (Å²) in [5.41, 5.74) is 2.22. The highest BCUT2D eigenvalue weighted by molar-refractivity contribution is 6.05. The third-order valence-corrected chi connectivity index (χ3v) is 3.17. The Morgan fingerprint density at radius 2 is 1.60 bits per heavy atom. The van der Waals surface area contributed by atoms with Gasteiger partial charge in [-0.1, -0.05) is 45.0 Å². The smallest absolute Gasteiger partial charge is 0.255 e. The predicted molar refractivity (Wildman–Crippen MR) is 81.2 cm³/mol. The van der Waals surface area contributed by atoms with Gasteiger partial charge in [-0.05, 0) is 35.2 Å². The molecule has 0 aliphatic carbocycles. The molecule has 0 aliphatic rings. The van der Waals surface area contributed by atoms with E-state index in [1.165, 1.54) is 11.6 Å². The highest BCUT2D eigenvalue weighted by Gasteiger charge is 2.14. The normalized spacial score (nSPS) is 11.2. The minimum absolute atomic E-state index is 0.0622. The van der Waals surface area contributed by atoms with Crippen molar-refractivity contribution in [1.29, 1.82) is 0 Å². The zero-order chi connectivity index (χ0) is 14.8. The molecule has 0 saturated carbocycles. The summed E-state index contributed by atoms with van der Waals surface area (Å²) in [6.07, 6.45) is 0. The number of phenols is 1. The second-order valence-electron chi connectivity index (χ2n) is 5.80. The van der Waals surface area contributed by atoms with E-state index in [0.29, 0.717) is 11.3 Å². The van der Waals surface area contributed by atoms with E-state index in [0.717, 1.165) is 0 Å². The van der Waals surface area contributed by atoms with E-state index in [4.69, 9.17) is 0 Å². The maximum absolute atomic E-state index is 12.1. The van der Waals surface area contributed by atoms with Crippen LogP contribution in [-0.2, 0) is 5.41 Å². The van der Waals surface area contributed by atoms with Gasteiger partial charge in [0.15, 0.2) is 0 Å². The second kappa shape index (κ2) is 5.37. The Bertz CT molecular complexity index is 610. The van der Waals surface area contributed by atoms with Crippen LogP contribution in [-0.4, -0.2) is 11.0 Å². The Labute approximate surface area is 119 Å². The van der Waals surface area contributed by atoms with Crippen molar-refractivity contribution in [1.82, 2.24) is 0 Å². The summed E-state index contributed by atoms with van der Waals surface area (Å²) in [5.74, 6) is -0.167. The van der Waals surface area contributed by atoms with E-state index in [1.54, 1.807) is 30.3 Å². The quantitative estimate of drug-likeness (QED) is 0.811. The summed E-state index contributed by atoms with van der Waals surface area (Å²) in [6, 6.07) is 14.2. The number of carbonyl (C=O) groups is 1. The molecule has 2 N–H and O–H groups in total. The van der Waals surface area contributed by atoms with Crippen LogP contribution in [0.25, 0.3) is 0 Å². The van der Waals surface area contributed by atoms with Crippen LogP contribution in [0.15, 0.2) is 48.5 Å². The van der Waals surface area contributed by atoms with Crippen molar-refractivity contribution < 1.29 is 9.90 Å². The molecule has 1 amide bonds. The van der Waals surface area contributed by atoms with Crippen molar-refractivity contribution in [2.45, 2.75) is 26.2 Å². The third-order valence-electron chi connectivity index (χ3n) is 3.17. The van der Waals surface area contributed by atoms with Gasteiger partial charge in [0, 0.05) is 5.56 Å². The number of benzene rings is 2. The number of para-hydroxylation sites is 2. The van der Waals surface area contributed by atoms with Gasteiger partial charge in [0.2, 0.25) is 0 Å². The average Bonchev–Trinajstić information content (AvgIpc) is 2.40. The fourth-order valence-electron chi connectivity index (χ4n) is 1.90. The van der Waals surface area contributed by atoms with Crippen LogP contribution in [0.1, 0.15) is 36.7 Å². The standard InChI is InChI=1S/C17H19NO2/c1-17(2,3)13-10-8-12(9-11-13)16(20)18-14-6-4-5-7-15(14)19/h4-11,19H,1-3H3,(H,18,20). The number of carbonyl (C=O) groups excluding carboxylic acids is 1. The minimum atomic E-state index is -0.230. The number of phenolic OH excluding ortho intramolecular Hbond substituents is 1. The van der Waals surface area contributed by atoms with Gasteiger partial charge in [0.25, 0.3) is 5.91 Å². The zero-order valence-electron chi connectivity index (χ0n) is 12.0. The first-order chi connectivity index (χ1) is 9.38. The van der Waals surface area contributed by atoms with E-state index in [2.05, 4.69) is 26.1 Å². The van der Waals surface area contributed by atoms with Gasteiger partial charge >= 0.3 is 0 Å². The van der Waals surface area contributed by atoms with Crippen LogP contribution in [0.2, 0.25) is 0 Å². The molecule has 0 aromatic heterocycles. The molecule has 0 fully saturated rings. The van der Waals surface area contributed by atoms with E-state index in [9.17, 15) is 9.90 Å². The highest BCUT2D eigenvalue weighted by atomic mass is 16.3.